The molecule has 1 atom stereocenters. The highest BCUT2D eigenvalue weighted by molar-refractivity contribution is 5.80. The molecule has 1 aliphatic rings. The third-order valence-electron chi connectivity index (χ3n) is 5.12. The standard InChI is InChI=1S/C22H26N6/c1-2-24-22(27-13-12-20(15-27)19-6-4-3-5-7-19)25-14-18-8-10-21(11-9-18)28-17-23-16-26-28/h3-11,16-17,20H,2,12-15H2,1H3,(H,24,25). The van der Waals surface area contributed by atoms with Crippen LogP contribution in [0.4, 0.5) is 0 Å². The Balaban J connectivity index is 1.42. The fourth-order valence-corrected chi connectivity index (χ4v) is 3.64. The van der Waals surface area contributed by atoms with Crippen LogP contribution >= 0.6 is 0 Å². The third-order valence-corrected chi connectivity index (χ3v) is 5.12. The van der Waals surface area contributed by atoms with Crippen LogP contribution in [0, 0.1) is 0 Å². The Kier molecular flexibility index (Phi) is 5.66. The van der Waals surface area contributed by atoms with Gasteiger partial charge in [-0.3, -0.25) is 0 Å². The van der Waals surface area contributed by atoms with Crippen molar-refractivity contribution in [2.24, 2.45) is 4.99 Å². The number of hydrogen-bond donors (Lipinski definition) is 1. The van der Waals surface area contributed by atoms with Gasteiger partial charge in [-0.25, -0.2) is 14.7 Å². The molecular formula is C22H26N6. The van der Waals surface area contributed by atoms with E-state index in [0.29, 0.717) is 12.5 Å². The van der Waals surface area contributed by atoms with Crippen LogP contribution in [-0.4, -0.2) is 45.3 Å². The van der Waals surface area contributed by atoms with E-state index in [1.165, 1.54) is 17.5 Å². The zero-order chi connectivity index (χ0) is 19.2. The average Bonchev–Trinajstić information content (AvgIpc) is 3.45. The van der Waals surface area contributed by atoms with Crippen molar-refractivity contribution in [3.63, 3.8) is 0 Å². The topological polar surface area (TPSA) is 58.3 Å². The minimum atomic E-state index is 0.576. The predicted octanol–water partition coefficient (Wildman–Crippen LogP) is 3.22. The number of aromatic nitrogens is 3. The first kappa shape index (κ1) is 18.2. The Bertz CT molecular complexity index is 887. The van der Waals surface area contributed by atoms with Gasteiger partial charge in [0, 0.05) is 25.6 Å². The Labute approximate surface area is 165 Å². The maximum absolute atomic E-state index is 4.88. The highest BCUT2D eigenvalue weighted by Crippen LogP contribution is 2.27. The molecule has 0 bridgehead atoms. The lowest BCUT2D eigenvalue weighted by Gasteiger charge is -2.22. The van der Waals surface area contributed by atoms with Gasteiger partial charge in [-0.2, -0.15) is 5.10 Å². The van der Waals surface area contributed by atoms with Gasteiger partial charge in [0.1, 0.15) is 12.7 Å². The van der Waals surface area contributed by atoms with E-state index in [4.69, 9.17) is 4.99 Å². The van der Waals surface area contributed by atoms with Crippen LogP contribution < -0.4 is 5.32 Å². The Morgan fingerprint density at radius 2 is 1.96 bits per heavy atom. The van der Waals surface area contributed by atoms with E-state index < -0.39 is 0 Å². The minimum Gasteiger partial charge on any atom is -0.357 e. The molecule has 6 nitrogen and oxygen atoms in total. The van der Waals surface area contributed by atoms with Crippen molar-refractivity contribution in [2.45, 2.75) is 25.8 Å². The summed E-state index contributed by atoms with van der Waals surface area (Å²) < 4.78 is 1.76. The maximum atomic E-state index is 4.88. The minimum absolute atomic E-state index is 0.576. The summed E-state index contributed by atoms with van der Waals surface area (Å²) in [6.45, 7) is 5.70. The molecule has 0 aliphatic carbocycles. The van der Waals surface area contributed by atoms with Crippen molar-refractivity contribution in [1.29, 1.82) is 0 Å². The van der Waals surface area contributed by atoms with Gasteiger partial charge < -0.3 is 10.2 Å². The summed E-state index contributed by atoms with van der Waals surface area (Å²) in [7, 11) is 0. The number of nitrogens with one attached hydrogen (secondary N) is 1. The molecular weight excluding hydrogens is 348 g/mol. The molecule has 0 radical (unpaired) electrons. The molecule has 28 heavy (non-hydrogen) atoms. The highest BCUT2D eigenvalue weighted by Gasteiger charge is 2.25. The Hall–Kier alpha value is -3.15. The average molecular weight is 374 g/mol. The lowest BCUT2D eigenvalue weighted by atomic mass is 9.99. The molecule has 0 saturated carbocycles. The number of nitrogens with zero attached hydrogens (tertiary/aromatic N) is 5. The molecule has 2 aromatic carbocycles. The van der Waals surface area contributed by atoms with Gasteiger partial charge in [-0.05, 0) is 36.6 Å². The molecule has 1 unspecified atom stereocenters. The van der Waals surface area contributed by atoms with Crippen LogP contribution in [0.5, 0.6) is 0 Å². The first-order valence-corrected chi connectivity index (χ1v) is 9.85. The molecule has 0 spiro atoms. The van der Waals surface area contributed by atoms with Crippen LogP contribution in [0.15, 0.2) is 72.2 Å². The number of aliphatic imine (C=N–C) groups is 1. The quantitative estimate of drug-likeness (QED) is 0.550. The monoisotopic (exact) mass is 374 g/mol. The van der Waals surface area contributed by atoms with Gasteiger partial charge >= 0.3 is 0 Å². The molecule has 1 saturated heterocycles. The van der Waals surface area contributed by atoms with E-state index in [-0.39, 0.29) is 0 Å². The van der Waals surface area contributed by atoms with Crippen LogP contribution in [0.1, 0.15) is 30.4 Å². The maximum Gasteiger partial charge on any atom is 0.194 e. The third kappa shape index (κ3) is 4.22. The van der Waals surface area contributed by atoms with E-state index in [2.05, 4.69) is 69.7 Å². The van der Waals surface area contributed by atoms with Gasteiger partial charge in [0.15, 0.2) is 5.96 Å². The van der Waals surface area contributed by atoms with E-state index in [1.807, 2.05) is 12.1 Å². The second-order valence-corrected chi connectivity index (χ2v) is 7.02. The number of guanidine groups is 1. The summed E-state index contributed by atoms with van der Waals surface area (Å²) in [6.07, 6.45) is 4.41. The molecule has 144 valence electrons. The van der Waals surface area contributed by atoms with E-state index >= 15 is 0 Å². The van der Waals surface area contributed by atoms with Crippen LogP contribution in [0.2, 0.25) is 0 Å². The first-order chi connectivity index (χ1) is 13.8. The molecule has 1 aromatic heterocycles. The van der Waals surface area contributed by atoms with Gasteiger partial charge in [0.05, 0.1) is 12.2 Å². The summed E-state index contributed by atoms with van der Waals surface area (Å²) >= 11 is 0. The van der Waals surface area contributed by atoms with Crippen molar-refractivity contribution in [3.05, 3.63) is 78.4 Å². The molecule has 4 rings (SSSR count). The summed E-state index contributed by atoms with van der Waals surface area (Å²) in [6, 6.07) is 19.1. The summed E-state index contributed by atoms with van der Waals surface area (Å²) in [5, 5.41) is 7.61. The normalized spacial score (nSPS) is 17.1. The second-order valence-electron chi connectivity index (χ2n) is 7.02. The van der Waals surface area contributed by atoms with Gasteiger partial charge in [-0.15, -0.1) is 0 Å². The first-order valence-electron chi connectivity index (χ1n) is 9.85. The number of hydrogen-bond acceptors (Lipinski definition) is 3. The largest absolute Gasteiger partial charge is 0.357 e. The lowest BCUT2D eigenvalue weighted by molar-refractivity contribution is 0.486. The molecule has 2 heterocycles. The molecule has 0 amide bonds. The number of rotatable bonds is 5. The second kappa shape index (κ2) is 8.69. The summed E-state index contributed by atoms with van der Waals surface area (Å²) in [5.74, 6) is 1.58. The summed E-state index contributed by atoms with van der Waals surface area (Å²) in [4.78, 5) is 11.3. The Morgan fingerprint density at radius 1 is 1.14 bits per heavy atom. The fraction of sp³-hybridized carbons (Fsp3) is 0.318. The van der Waals surface area contributed by atoms with Crippen molar-refractivity contribution >= 4 is 5.96 Å². The molecule has 1 N–H and O–H groups in total. The van der Waals surface area contributed by atoms with Crippen LogP contribution in [0.3, 0.4) is 0 Å². The van der Waals surface area contributed by atoms with Crippen molar-refractivity contribution < 1.29 is 0 Å². The molecule has 3 aromatic rings. The summed E-state index contributed by atoms with van der Waals surface area (Å²) in [5.41, 5.74) is 3.60. The lowest BCUT2D eigenvalue weighted by Crippen LogP contribution is -2.40. The number of benzene rings is 2. The van der Waals surface area contributed by atoms with E-state index in [0.717, 1.165) is 31.3 Å². The molecule has 1 fully saturated rings. The fourth-order valence-electron chi connectivity index (χ4n) is 3.64. The van der Waals surface area contributed by atoms with Gasteiger partial charge in [-0.1, -0.05) is 42.5 Å². The smallest absolute Gasteiger partial charge is 0.194 e. The highest BCUT2D eigenvalue weighted by atomic mass is 15.3. The van der Waals surface area contributed by atoms with Crippen molar-refractivity contribution in [3.8, 4) is 5.69 Å². The molecule has 1 aliphatic heterocycles. The van der Waals surface area contributed by atoms with Crippen LogP contribution in [0.25, 0.3) is 5.69 Å². The van der Waals surface area contributed by atoms with Gasteiger partial charge in [0.25, 0.3) is 0 Å². The predicted molar refractivity (Wildman–Crippen MR) is 112 cm³/mol. The SMILES string of the molecule is CCNC(=NCc1ccc(-n2cncn2)cc1)N1CCC(c2ccccc2)C1. The van der Waals surface area contributed by atoms with Crippen molar-refractivity contribution in [2.75, 3.05) is 19.6 Å². The Morgan fingerprint density at radius 3 is 2.68 bits per heavy atom. The number of likely N-dealkylation sites (tertiary alicyclic amines) is 1. The zero-order valence-corrected chi connectivity index (χ0v) is 16.2. The van der Waals surface area contributed by atoms with Crippen molar-refractivity contribution in [1.82, 2.24) is 25.0 Å². The van der Waals surface area contributed by atoms with E-state index in [9.17, 15) is 0 Å². The van der Waals surface area contributed by atoms with Crippen LogP contribution in [-0.2, 0) is 6.54 Å². The van der Waals surface area contributed by atoms with E-state index in [1.54, 1.807) is 17.3 Å². The van der Waals surface area contributed by atoms with Gasteiger partial charge in [0.2, 0.25) is 0 Å². The zero-order valence-electron chi connectivity index (χ0n) is 16.2. The molecule has 6 heteroatoms.